The molecule has 2 aliphatic rings. The van der Waals surface area contributed by atoms with Crippen molar-refractivity contribution in [2.75, 3.05) is 9.80 Å². The summed E-state index contributed by atoms with van der Waals surface area (Å²) in [7, 11) is 0. The number of hydrogen-bond donors (Lipinski definition) is 0. The van der Waals surface area contributed by atoms with E-state index in [9.17, 15) is 0 Å². The van der Waals surface area contributed by atoms with Crippen LogP contribution in [0.15, 0.2) is 199 Å². The third kappa shape index (κ3) is 5.83. The van der Waals surface area contributed by atoms with Gasteiger partial charge in [0.25, 0.3) is 0 Å². The van der Waals surface area contributed by atoms with Gasteiger partial charge in [-0.15, -0.1) is 0 Å². The molecule has 0 fully saturated rings. The molecule has 0 aliphatic heterocycles. The number of furan rings is 1. The third-order valence-corrected chi connectivity index (χ3v) is 15.2. The van der Waals surface area contributed by atoms with Crippen LogP contribution in [0.3, 0.4) is 0 Å². The molecule has 13 rings (SSSR count). The Kier molecular flexibility index (Phi) is 8.43. The van der Waals surface area contributed by atoms with Crippen LogP contribution in [-0.4, -0.2) is 0 Å². The Morgan fingerprint density at radius 2 is 0.746 bits per heavy atom. The Labute approximate surface area is 392 Å². The minimum Gasteiger partial charge on any atom is -0.455 e. The largest absolute Gasteiger partial charge is 0.455 e. The van der Waals surface area contributed by atoms with Crippen molar-refractivity contribution in [3.63, 3.8) is 0 Å². The molecule has 1 aromatic heterocycles. The van der Waals surface area contributed by atoms with Gasteiger partial charge in [0.15, 0.2) is 0 Å². The van der Waals surface area contributed by atoms with Crippen LogP contribution in [0.1, 0.15) is 61.1 Å². The average Bonchev–Trinajstić information content (AvgIpc) is 3.93. The van der Waals surface area contributed by atoms with Crippen molar-refractivity contribution in [3.8, 4) is 22.3 Å². The standard InChI is InChI=1S/C64H50N2O/c1-39-19-23-41(24-20-39)65(44-27-31-50-48-14-9-11-17-56(48)63(3,4)58(50)36-44)43-29-33-53-55(35-43)47-13-7-8-16-52(47)61-54-34-30-46(38-60(54)67-62(53)61)66(42-25-21-40(2)22-26-42)45-28-32-51-49-15-10-12-18-57(49)64(5,6)59(51)37-45/h7-38H,1-6H3. The summed E-state index contributed by atoms with van der Waals surface area (Å²) in [4.78, 5) is 4.80. The maximum atomic E-state index is 7.15. The van der Waals surface area contributed by atoms with Crippen molar-refractivity contribution in [3.05, 3.63) is 228 Å². The van der Waals surface area contributed by atoms with Crippen LogP contribution in [-0.2, 0) is 10.8 Å². The van der Waals surface area contributed by atoms with Crippen molar-refractivity contribution < 1.29 is 4.42 Å². The molecule has 0 bridgehead atoms. The molecule has 0 radical (unpaired) electrons. The summed E-state index contributed by atoms with van der Waals surface area (Å²) < 4.78 is 7.15. The van der Waals surface area contributed by atoms with Gasteiger partial charge in [0.05, 0.1) is 0 Å². The molecule has 1 heterocycles. The molecule has 0 saturated carbocycles. The van der Waals surface area contributed by atoms with Gasteiger partial charge in [0.1, 0.15) is 11.2 Å². The number of aryl methyl sites for hydroxylation is 2. The van der Waals surface area contributed by atoms with Crippen molar-refractivity contribution in [1.29, 1.82) is 0 Å². The van der Waals surface area contributed by atoms with Gasteiger partial charge < -0.3 is 14.2 Å². The van der Waals surface area contributed by atoms with Gasteiger partial charge in [-0.25, -0.2) is 0 Å². The highest BCUT2D eigenvalue weighted by atomic mass is 16.3. The van der Waals surface area contributed by atoms with Crippen molar-refractivity contribution in [2.45, 2.75) is 52.4 Å². The SMILES string of the molecule is Cc1ccc(N(c2ccc3c(c2)C(C)(C)c2ccccc2-3)c2ccc3c(c2)oc2c4ccc(N(c5ccc(C)cc5)c5ccc6c(c5)C(C)(C)c5ccccc5-6)cc4c4ccccc4c32)cc1. The van der Waals surface area contributed by atoms with Gasteiger partial charge in [-0.1, -0.05) is 148 Å². The minimum absolute atomic E-state index is 0.116. The highest BCUT2D eigenvalue weighted by Gasteiger charge is 2.37. The van der Waals surface area contributed by atoms with Crippen molar-refractivity contribution in [2.24, 2.45) is 0 Å². The lowest BCUT2D eigenvalue weighted by Crippen LogP contribution is -2.16. The molecule has 2 aliphatic carbocycles. The summed E-state index contributed by atoms with van der Waals surface area (Å²) in [5, 5.41) is 6.90. The second-order valence-corrected chi connectivity index (χ2v) is 19.9. The lowest BCUT2D eigenvalue weighted by molar-refractivity contribution is 0.660. The Hall–Kier alpha value is -7.88. The molecule has 3 heteroatoms. The fourth-order valence-electron chi connectivity index (χ4n) is 11.7. The predicted molar refractivity (Wildman–Crippen MR) is 283 cm³/mol. The van der Waals surface area contributed by atoms with E-state index < -0.39 is 0 Å². The molecule has 10 aromatic carbocycles. The first-order valence-corrected chi connectivity index (χ1v) is 23.6. The van der Waals surface area contributed by atoms with E-state index in [0.29, 0.717) is 0 Å². The van der Waals surface area contributed by atoms with Crippen LogP contribution in [0, 0.1) is 13.8 Å². The van der Waals surface area contributed by atoms with E-state index in [1.165, 1.54) is 66.4 Å². The van der Waals surface area contributed by atoms with E-state index >= 15 is 0 Å². The number of hydrogen-bond acceptors (Lipinski definition) is 3. The molecular weight excluding hydrogens is 813 g/mol. The van der Waals surface area contributed by atoms with Crippen LogP contribution < -0.4 is 9.80 Å². The smallest absolute Gasteiger partial charge is 0.143 e. The van der Waals surface area contributed by atoms with Gasteiger partial charge in [-0.2, -0.15) is 0 Å². The topological polar surface area (TPSA) is 19.6 Å². The molecule has 67 heavy (non-hydrogen) atoms. The summed E-state index contributed by atoms with van der Waals surface area (Å²) in [6, 6.07) is 72.1. The van der Waals surface area contributed by atoms with E-state index in [1.54, 1.807) is 0 Å². The first kappa shape index (κ1) is 39.5. The highest BCUT2D eigenvalue weighted by Crippen LogP contribution is 2.53. The van der Waals surface area contributed by atoms with Crippen LogP contribution in [0.5, 0.6) is 0 Å². The summed E-state index contributed by atoms with van der Waals surface area (Å²) in [5.41, 5.74) is 21.4. The average molecular weight is 863 g/mol. The quantitative estimate of drug-likeness (QED) is 0.155. The molecule has 0 spiro atoms. The molecule has 0 unspecified atom stereocenters. The van der Waals surface area contributed by atoms with Crippen LogP contribution in [0.2, 0.25) is 0 Å². The number of nitrogens with zero attached hydrogens (tertiary/aromatic N) is 2. The monoisotopic (exact) mass is 862 g/mol. The van der Waals surface area contributed by atoms with E-state index in [1.807, 2.05) is 0 Å². The second-order valence-electron chi connectivity index (χ2n) is 19.9. The Morgan fingerprint density at radius 3 is 1.30 bits per heavy atom. The number of anilines is 6. The van der Waals surface area contributed by atoms with Gasteiger partial charge in [-0.05, 0) is 153 Å². The van der Waals surface area contributed by atoms with Gasteiger partial charge in [-0.3, -0.25) is 0 Å². The second kappa shape index (κ2) is 14.3. The highest BCUT2D eigenvalue weighted by molar-refractivity contribution is 6.30. The van der Waals surface area contributed by atoms with Crippen LogP contribution in [0.25, 0.3) is 65.7 Å². The molecule has 0 atom stereocenters. The molecule has 322 valence electrons. The Balaban J connectivity index is 0.978. The zero-order valence-corrected chi connectivity index (χ0v) is 38.8. The Bertz CT molecular complexity index is 3830. The fraction of sp³-hybridized carbons (Fsp3) is 0.125. The first-order chi connectivity index (χ1) is 32.5. The molecular formula is C64H50N2O. The fourth-order valence-corrected chi connectivity index (χ4v) is 11.7. The zero-order chi connectivity index (χ0) is 45.3. The number of benzene rings is 10. The molecule has 0 saturated heterocycles. The predicted octanol–water partition coefficient (Wildman–Crippen LogP) is 18.1. The third-order valence-electron chi connectivity index (χ3n) is 15.2. The van der Waals surface area contributed by atoms with Gasteiger partial charge >= 0.3 is 0 Å². The number of rotatable bonds is 6. The normalized spacial score (nSPS) is 14.1. The lowest BCUT2D eigenvalue weighted by atomic mass is 9.82. The van der Waals surface area contributed by atoms with E-state index in [0.717, 1.165) is 66.8 Å². The summed E-state index contributed by atoms with van der Waals surface area (Å²) >= 11 is 0. The van der Waals surface area contributed by atoms with E-state index in [4.69, 9.17) is 4.42 Å². The van der Waals surface area contributed by atoms with E-state index in [2.05, 4.69) is 245 Å². The summed E-state index contributed by atoms with van der Waals surface area (Å²) in [6.07, 6.45) is 0. The summed E-state index contributed by atoms with van der Waals surface area (Å²) in [6.45, 7) is 13.7. The molecule has 3 nitrogen and oxygen atoms in total. The molecule has 0 amide bonds. The van der Waals surface area contributed by atoms with E-state index in [-0.39, 0.29) is 10.8 Å². The minimum atomic E-state index is -0.118. The van der Waals surface area contributed by atoms with Crippen molar-refractivity contribution in [1.82, 2.24) is 0 Å². The number of fused-ring (bicyclic) bond motifs is 14. The van der Waals surface area contributed by atoms with Crippen LogP contribution in [0.4, 0.5) is 34.1 Å². The summed E-state index contributed by atoms with van der Waals surface area (Å²) in [5.74, 6) is 0. The van der Waals surface area contributed by atoms with Crippen molar-refractivity contribution >= 4 is 77.6 Å². The van der Waals surface area contributed by atoms with Gasteiger partial charge in [0, 0.05) is 67.2 Å². The maximum Gasteiger partial charge on any atom is 0.143 e. The maximum absolute atomic E-state index is 7.15. The van der Waals surface area contributed by atoms with Crippen LogP contribution >= 0.6 is 0 Å². The Morgan fingerprint density at radius 1 is 0.328 bits per heavy atom. The molecule has 0 N–H and O–H groups in total. The molecule has 11 aromatic rings. The van der Waals surface area contributed by atoms with Gasteiger partial charge in [0.2, 0.25) is 0 Å². The first-order valence-electron chi connectivity index (χ1n) is 23.6. The zero-order valence-electron chi connectivity index (χ0n) is 38.8. The lowest BCUT2D eigenvalue weighted by Gasteiger charge is -2.28.